The first-order chi connectivity index (χ1) is 13.1. The fraction of sp³-hybridized carbons (Fsp3) is 0.727. The number of carbonyl (C=O) groups excluding carboxylic acids is 1. The van der Waals surface area contributed by atoms with Crippen LogP contribution in [0.3, 0.4) is 0 Å². The number of nitrogens with zero attached hydrogens (tertiary/aromatic N) is 2. The molecule has 1 aliphatic rings. The van der Waals surface area contributed by atoms with Gasteiger partial charge in [0.25, 0.3) is 0 Å². The molecule has 1 aliphatic heterocycles. The van der Waals surface area contributed by atoms with Crippen molar-refractivity contribution in [3.8, 4) is 0 Å². The predicted octanol–water partition coefficient (Wildman–Crippen LogP) is 3.65. The van der Waals surface area contributed by atoms with E-state index in [2.05, 4.69) is 24.1 Å². The van der Waals surface area contributed by atoms with Gasteiger partial charge in [0.05, 0.1) is 12.2 Å². The lowest BCUT2D eigenvalue weighted by Gasteiger charge is -2.32. The topological polar surface area (TPSA) is 78.5 Å². The van der Waals surface area contributed by atoms with Crippen LogP contribution in [-0.2, 0) is 4.79 Å². The summed E-state index contributed by atoms with van der Waals surface area (Å²) < 4.78 is 0.243. The third-order valence-corrected chi connectivity index (χ3v) is 5.29. The fourth-order valence-electron chi connectivity index (χ4n) is 3.75. The number of quaternary nitrogens is 1. The highest BCUT2D eigenvalue weighted by atomic mass is 16.4. The first kappa shape index (κ1) is 23.6. The normalized spacial score (nSPS) is 19.1. The molecule has 0 aromatic rings. The zero-order valence-corrected chi connectivity index (χ0v) is 17.2. The Hall–Kier alpha value is -1.46. The summed E-state index contributed by atoms with van der Waals surface area (Å²) >= 11 is 0. The van der Waals surface area contributed by atoms with E-state index in [4.69, 9.17) is 5.73 Å². The van der Waals surface area contributed by atoms with Crippen LogP contribution in [0.4, 0.5) is 0 Å². The zero-order chi connectivity index (χ0) is 19.8. The van der Waals surface area contributed by atoms with Crippen LogP contribution in [0.15, 0.2) is 29.5 Å². The largest absolute Gasteiger partial charge is 0.544 e. The van der Waals surface area contributed by atoms with Crippen molar-refractivity contribution >= 4 is 11.8 Å². The Balaban J connectivity index is 2.07. The number of carboxylic acids is 1. The molecule has 0 saturated carbocycles. The molecule has 0 amide bonds. The van der Waals surface area contributed by atoms with E-state index < -0.39 is 5.97 Å². The number of hydrogen-bond acceptors (Lipinski definition) is 4. The molecular weight excluding hydrogens is 338 g/mol. The highest BCUT2D eigenvalue weighted by molar-refractivity contribution is 5.80. The Labute approximate surface area is 165 Å². The third-order valence-electron chi connectivity index (χ3n) is 5.29. The van der Waals surface area contributed by atoms with E-state index in [0.717, 1.165) is 18.7 Å². The van der Waals surface area contributed by atoms with E-state index >= 15 is 0 Å². The van der Waals surface area contributed by atoms with Gasteiger partial charge in [0.2, 0.25) is 5.84 Å². The molecule has 1 atom stereocenters. The van der Waals surface area contributed by atoms with Crippen molar-refractivity contribution in [2.45, 2.75) is 84.0 Å². The molecule has 5 heteroatoms. The molecule has 154 valence electrons. The van der Waals surface area contributed by atoms with Crippen molar-refractivity contribution in [1.29, 1.82) is 0 Å². The molecule has 1 unspecified atom stereocenters. The van der Waals surface area contributed by atoms with Gasteiger partial charge in [-0.3, -0.25) is 0 Å². The van der Waals surface area contributed by atoms with Crippen LogP contribution < -0.4 is 10.8 Å². The van der Waals surface area contributed by atoms with Crippen LogP contribution >= 0.6 is 0 Å². The lowest BCUT2D eigenvalue weighted by atomic mass is 10.0. The minimum Gasteiger partial charge on any atom is -0.544 e. The minimum atomic E-state index is -1.05. The molecule has 0 bridgehead atoms. The second-order valence-electron chi connectivity index (χ2n) is 7.56. The van der Waals surface area contributed by atoms with Gasteiger partial charge >= 0.3 is 0 Å². The van der Waals surface area contributed by atoms with Crippen molar-refractivity contribution in [2.75, 3.05) is 19.6 Å². The fourth-order valence-corrected chi connectivity index (χ4v) is 3.75. The molecule has 0 radical (unpaired) electrons. The molecule has 1 heterocycles. The number of hydrogen-bond donors (Lipinski definition) is 1. The second kappa shape index (κ2) is 14.6. The summed E-state index contributed by atoms with van der Waals surface area (Å²) in [6.07, 6.45) is 22.9. The summed E-state index contributed by atoms with van der Waals surface area (Å²) in [5.41, 5.74) is 5.69. The van der Waals surface area contributed by atoms with E-state index in [-0.39, 0.29) is 11.0 Å². The maximum atomic E-state index is 11.1. The lowest BCUT2D eigenvalue weighted by Crippen LogP contribution is -2.55. The van der Waals surface area contributed by atoms with Crippen molar-refractivity contribution in [3.63, 3.8) is 0 Å². The lowest BCUT2D eigenvalue weighted by molar-refractivity contribution is -0.780. The summed E-state index contributed by atoms with van der Waals surface area (Å²) in [5, 5.41) is 11.1. The summed E-state index contributed by atoms with van der Waals surface area (Å²) in [7, 11) is 0. The molecule has 0 saturated heterocycles. The maximum absolute atomic E-state index is 11.1. The molecule has 27 heavy (non-hydrogen) atoms. The Kier molecular flexibility index (Phi) is 12.7. The van der Waals surface area contributed by atoms with Gasteiger partial charge in [0.1, 0.15) is 19.3 Å². The number of carbonyl (C=O) groups is 1. The predicted molar refractivity (Wildman–Crippen MR) is 111 cm³/mol. The quantitative estimate of drug-likeness (QED) is 0.239. The summed E-state index contributed by atoms with van der Waals surface area (Å²) in [5.74, 6) is -0.132. The summed E-state index contributed by atoms with van der Waals surface area (Å²) in [6, 6.07) is 0. The molecule has 1 rings (SSSR count). The van der Waals surface area contributed by atoms with E-state index in [1.165, 1.54) is 64.2 Å². The highest BCUT2D eigenvalue weighted by Gasteiger charge is 2.34. The average Bonchev–Trinajstić information content (AvgIpc) is 3.00. The Bertz CT molecular complexity index is 500. The van der Waals surface area contributed by atoms with E-state index in [1.54, 1.807) is 6.20 Å². The van der Waals surface area contributed by atoms with E-state index in [0.29, 0.717) is 13.1 Å². The van der Waals surface area contributed by atoms with Crippen molar-refractivity contribution in [2.24, 2.45) is 10.7 Å². The Morgan fingerprint density at radius 2 is 1.67 bits per heavy atom. The zero-order valence-electron chi connectivity index (χ0n) is 17.2. The number of allylic oxidation sites excluding steroid dienone is 2. The van der Waals surface area contributed by atoms with Crippen LogP contribution in [-0.4, -0.2) is 35.9 Å². The van der Waals surface area contributed by atoms with Gasteiger partial charge < -0.3 is 15.6 Å². The number of rotatable bonds is 17. The molecule has 0 aromatic heterocycles. The van der Waals surface area contributed by atoms with E-state index in [9.17, 15) is 9.90 Å². The number of nitrogens with two attached hydrogens (primary N) is 1. The van der Waals surface area contributed by atoms with E-state index in [1.807, 2.05) is 6.20 Å². The van der Waals surface area contributed by atoms with Gasteiger partial charge in [-0.2, -0.15) is 0 Å². The van der Waals surface area contributed by atoms with Gasteiger partial charge in [-0.15, -0.1) is 0 Å². The molecule has 2 N–H and O–H groups in total. The van der Waals surface area contributed by atoms with Gasteiger partial charge in [0.15, 0.2) is 0 Å². The minimum absolute atomic E-state index is 0.0682. The Morgan fingerprint density at radius 3 is 2.22 bits per heavy atom. The molecule has 0 aromatic carbocycles. The molecule has 0 spiro atoms. The number of aliphatic imine (C=N–C) groups is 1. The van der Waals surface area contributed by atoms with Crippen LogP contribution in [0.2, 0.25) is 0 Å². The molecular formula is C22H39N3O2. The molecule has 0 fully saturated rings. The summed E-state index contributed by atoms with van der Waals surface area (Å²) in [4.78, 5) is 15.5. The smallest absolute Gasteiger partial charge is 0.207 e. The Morgan fingerprint density at radius 1 is 1.07 bits per heavy atom. The number of aliphatic carboxylic acids is 1. The first-order valence-electron chi connectivity index (χ1n) is 10.8. The summed E-state index contributed by atoms with van der Waals surface area (Å²) in [6.45, 7) is 3.02. The number of unbranched alkanes of at least 4 members (excludes halogenated alkanes) is 10. The monoisotopic (exact) mass is 377 g/mol. The van der Waals surface area contributed by atoms with Crippen molar-refractivity contribution in [1.82, 2.24) is 0 Å². The van der Waals surface area contributed by atoms with Crippen molar-refractivity contribution < 1.29 is 14.4 Å². The first-order valence-corrected chi connectivity index (χ1v) is 10.8. The second-order valence-corrected chi connectivity index (χ2v) is 7.56. The van der Waals surface area contributed by atoms with Crippen molar-refractivity contribution in [3.05, 3.63) is 24.6 Å². The SMILES string of the molecule is C/C=C/CCCCCCCCCCCCC1=NC=C[N+]1(CCN)CC(=O)[O-]. The van der Waals surface area contributed by atoms with Crippen LogP contribution in [0.1, 0.15) is 84.0 Å². The van der Waals surface area contributed by atoms with Crippen LogP contribution in [0.5, 0.6) is 0 Å². The number of carboxylic acid groups (broad SMARTS) is 1. The van der Waals surface area contributed by atoms with Gasteiger partial charge in [-0.25, -0.2) is 9.48 Å². The maximum Gasteiger partial charge on any atom is 0.207 e. The van der Waals surface area contributed by atoms with Crippen LogP contribution in [0.25, 0.3) is 0 Å². The van der Waals surface area contributed by atoms with Gasteiger partial charge in [-0.05, 0) is 26.2 Å². The van der Waals surface area contributed by atoms with Gasteiger partial charge in [-0.1, -0.05) is 63.5 Å². The molecule has 0 aliphatic carbocycles. The van der Waals surface area contributed by atoms with Gasteiger partial charge in [0, 0.05) is 13.0 Å². The number of amidine groups is 1. The standard InChI is InChI=1S/C22H39N3O2/c1-2-3-4-5-6-7-8-9-10-11-12-13-14-15-21-24-17-19-25(21,18-16-23)20-22(26)27/h2-3,17,19H,4-16,18,20,23H2,1H3/b3-2+. The average molecular weight is 378 g/mol. The highest BCUT2D eigenvalue weighted by Crippen LogP contribution is 2.21. The third kappa shape index (κ3) is 9.87. The molecule has 5 nitrogen and oxygen atoms in total. The van der Waals surface area contributed by atoms with Crippen LogP contribution in [0, 0.1) is 0 Å².